The van der Waals surface area contributed by atoms with Crippen LogP contribution in [0.2, 0.25) is 0 Å². The molecule has 1 aliphatic rings. The van der Waals surface area contributed by atoms with Crippen LogP contribution in [-0.2, 0) is 11.3 Å². The summed E-state index contributed by atoms with van der Waals surface area (Å²) in [6.07, 6.45) is 0.527. The second kappa shape index (κ2) is 6.44. The number of carbonyl (C=O) groups excluding carboxylic acids is 1. The normalized spacial score (nSPS) is 21.2. The number of carbonyl (C=O) groups is 1. The van der Waals surface area contributed by atoms with Crippen molar-refractivity contribution in [1.82, 2.24) is 4.90 Å². The van der Waals surface area contributed by atoms with E-state index in [0.29, 0.717) is 13.0 Å². The number of benzene rings is 2. The summed E-state index contributed by atoms with van der Waals surface area (Å²) in [4.78, 5) is 13.9. The molecule has 2 atom stereocenters. The van der Waals surface area contributed by atoms with Crippen LogP contribution in [0.5, 0.6) is 11.5 Å². The van der Waals surface area contributed by atoms with Gasteiger partial charge in [-0.1, -0.05) is 30.3 Å². The summed E-state index contributed by atoms with van der Waals surface area (Å²) in [6, 6.07) is 17.7. The predicted octanol–water partition coefficient (Wildman–Crippen LogP) is 3.90. The largest absolute Gasteiger partial charge is 0.457 e. The maximum Gasteiger partial charge on any atom is 0.224 e. The summed E-state index contributed by atoms with van der Waals surface area (Å²) in [6.45, 7) is 2.68. The number of para-hydroxylation sites is 1. The fourth-order valence-corrected chi connectivity index (χ4v) is 2.94. The lowest BCUT2D eigenvalue weighted by Crippen LogP contribution is -2.32. The molecule has 1 amide bonds. The Hall–Kier alpha value is -1.94. The van der Waals surface area contributed by atoms with Crippen molar-refractivity contribution in [3.05, 3.63) is 60.2 Å². The Bertz CT molecular complexity index is 642. The van der Waals surface area contributed by atoms with E-state index in [2.05, 4.69) is 19.6 Å². The van der Waals surface area contributed by atoms with Crippen molar-refractivity contribution < 1.29 is 9.53 Å². The Kier molecular flexibility index (Phi) is 4.39. The van der Waals surface area contributed by atoms with Gasteiger partial charge in [0, 0.05) is 24.3 Å². The lowest BCUT2D eigenvalue weighted by atomic mass is 10.2. The molecule has 0 saturated carbocycles. The first-order valence-electron chi connectivity index (χ1n) is 7.43. The van der Waals surface area contributed by atoms with E-state index in [1.165, 1.54) is 0 Å². The first kappa shape index (κ1) is 15.0. The van der Waals surface area contributed by atoms with E-state index < -0.39 is 0 Å². The molecule has 0 bridgehead atoms. The monoisotopic (exact) mass is 313 g/mol. The molecule has 22 heavy (non-hydrogen) atoms. The van der Waals surface area contributed by atoms with Crippen LogP contribution in [0.4, 0.5) is 0 Å². The third-order valence-electron chi connectivity index (χ3n) is 4.01. The van der Waals surface area contributed by atoms with Crippen molar-refractivity contribution in [2.45, 2.75) is 31.2 Å². The van der Waals surface area contributed by atoms with E-state index in [1.807, 2.05) is 59.5 Å². The van der Waals surface area contributed by atoms with Crippen LogP contribution in [0.1, 0.15) is 18.9 Å². The Morgan fingerprint density at radius 2 is 1.73 bits per heavy atom. The second-order valence-corrected chi connectivity index (χ2v) is 6.26. The number of nitrogens with zero attached hydrogens (tertiary/aromatic N) is 1. The Balaban J connectivity index is 1.66. The predicted molar refractivity (Wildman–Crippen MR) is 90.4 cm³/mol. The van der Waals surface area contributed by atoms with Crippen LogP contribution in [0.3, 0.4) is 0 Å². The Morgan fingerprint density at radius 1 is 1.09 bits per heavy atom. The molecule has 0 radical (unpaired) electrons. The number of likely N-dealkylation sites (tertiary alicyclic amines) is 1. The lowest BCUT2D eigenvalue weighted by Gasteiger charge is -2.23. The minimum absolute atomic E-state index is 0.133. The molecule has 0 spiro atoms. The first-order valence-corrected chi connectivity index (χ1v) is 7.94. The molecule has 1 fully saturated rings. The van der Waals surface area contributed by atoms with E-state index in [-0.39, 0.29) is 17.2 Å². The molecule has 0 aliphatic carbocycles. The van der Waals surface area contributed by atoms with E-state index in [9.17, 15) is 4.79 Å². The topological polar surface area (TPSA) is 29.5 Å². The van der Waals surface area contributed by atoms with E-state index in [1.54, 1.807) is 0 Å². The first-order chi connectivity index (χ1) is 10.6. The molecule has 4 heteroatoms. The standard InChI is InChI=1S/C18H19NO2S/c1-13-17(22)11-18(20)19(13)12-14-7-9-16(10-8-14)21-15-5-3-2-4-6-15/h2-10,13,17,22H,11-12H2,1H3/t13-,17-/m0/s1. The molecule has 0 unspecified atom stereocenters. The van der Waals surface area contributed by atoms with Crippen LogP contribution < -0.4 is 4.74 Å². The van der Waals surface area contributed by atoms with Gasteiger partial charge in [-0.3, -0.25) is 4.79 Å². The van der Waals surface area contributed by atoms with Crippen molar-refractivity contribution in [3.63, 3.8) is 0 Å². The average Bonchev–Trinajstić information content (AvgIpc) is 2.77. The molecule has 1 aliphatic heterocycles. The Labute approximate surface area is 136 Å². The third-order valence-corrected chi connectivity index (χ3v) is 4.62. The fraction of sp³-hybridized carbons (Fsp3) is 0.278. The number of hydrogen-bond acceptors (Lipinski definition) is 3. The van der Waals surface area contributed by atoms with Crippen molar-refractivity contribution in [2.75, 3.05) is 0 Å². The highest BCUT2D eigenvalue weighted by molar-refractivity contribution is 7.81. The van der Waals surface area contributed by atoms with Gasteiger partial charge in [0.1, 0.15) is 11.5 Å². The quantitative estimate of drug-likeness (QED) is 0.868. The molecule has 0 aromatic heterocycles. The summed E-state index contributed by atoms with van der Waals surface area (Å²) < 4.78 is 5.77. The molecule has 114 valence electrons. The van der Waals surface area contributed by atoms with Gasteiger partial charge >= 0.3 is 0 Å². The highest BCUT2D eigenvalue weighted by Gasteiger charge is 2.34. The number of rotatable bonds is 4. The van der Waals surface area contributed by atoms with Gasteiger partial charge in [0.05, 0.1) is 0 Å². The van der Waals surface area contributed by atoms with Gasteiger partial charge in [-0.2, -0.15) is 12.6 Å². The van der Waals surface area contributed by atoms with Gasteiger partial charge in [-0.05, 0) is 36.8 Å². The van der Waals surface area contributed by atoms with Crippen molar-refractivity contribution >= 4 is 18.5 Å². The summed E-state index contributed by atoms with van der Waals surface area (Å²) in [7, 11) is 0. The van der Waals surface area contributed by atoms with Crippen LogP contribution in [-0.4, -0.2) is 22.1 Å². The number of thiol groups is 1. The Morgan fingerprint density at radius 3 is 2.32 bits per heavy atom. The summed E-state index contributed by atoms with van der Waals surface area (Å²) in [5, 5.41) is 0.133. The van der Waals surface area contributed by atoms with Crippen molar-refractivity contribution in [1.29, 1.82) is 0 Å². The third kappa shape index (κ3) is 3.28. The summed E-state index contributed by atoms with van der Waals surface area (Å²) in [5.74, 6) is 1.79. The summed E-state index contributed by atoms with van der Waals surface area (Å²) >= 11 is 4.46. The molecule has 1 heterocycles. The molecule has 3 nitrogen and oxygen atoms in total. The number of ether oxygens (including phenoxy) is 1. The van der Waals surface area contributed by atoms with Crippen molar-refractivity contribution in [2.24, 2.45) is 0 Å². The van der Waals surface area contributed by atoms with Gasteiger partial charge in [0.15, 0.2) is 0 Å². The highest BCUT2D eigenvalue weighted by atomic mass is 32.1. The van der Waals surface area contributed by atoms with Gasteiger partial charge in [0.25, 0.3) is 0 Å². The summed E-state index contributed by atoms with van der Waals surface area (Å²) in [5.41, 5.74) is 1.10. The maximum absolute atomic E-state index is 12.0. The zero-order chi connectivity index (χ0) is 15.5. The van der Waals surface area contributed by atoms with Crippen LogP contribution in [0.15, 0.2) is 54.6 Å². The molecule has 1 saturated heterocycles. The SMILES string of the molecule is C[C@H]1[C@@H](S)CC(=O)N1Cc1ccc(Oc2ccccc2)cc1. The lowest BCUT2D eigenvalue weighted by molar-refractivity contribution is -0.129. The molecular formula is C18H19NO2S. The molecular weight excluding hydrogens is 294 g/mol. The molecule has 2 aromatic carbocycles. The highest BCUT2D eigenvalue weighted by Crippen LogP contribution is 2.26. The van der Waals surface area contributed by atoms with Gasteiger partial charge < -0.3 is 9.64 Å². The molecule has 2 aromatic rings. The number of amides is 1. The van der Waals surface area contributed by atoms with E-state index in [4.69, 9.17) is 4.74 Å². The zero-order valence-corrected chi connectivity index (χ0v) is 13.4. The van der Waals surface area contributed by atoms with Crippen LogP contribution in [0, 0.1) is 0 Å². The van der Waals surface area contributed by atoms with Gasteiger partial charge in [0.2, 0.25) is 5.91 Å². The zero-order valence-electron chi connectivity index (χ0n) is 12.5. The van der Waals surface area contributed by atoms with Crippen molar-refractivity contribution in [3.8, 4) is 11.5 Å². The minimum Gasteiger partial charge on any atom is -0.457 e. The van der Waals surface area contributed by atoms with Gasteiger partial charge in [-0.25, -0.2) is 0 Å². The second-order valence-electron chi connectivity index (χ2n) is 5.59. The fourth-order valence-electron chi connectivity index (χ4n) is 2.62. The molecule has 0 N–H and O–H groups in total. The van der Waals surface area contributed by atoms with Crippen LogP contribution >= 0.6 is 12.6 Å². The average molecular weight is 313 g/mol. The van der Waals surface area contributed by atoms with Crippen LogP contribution in [0.25, 0.3) is 0 Å². The number of hydrogen-bond donors (Lipinski definition) is 1. The maximum atomic E-state index is 12.0. The molecule has 3 rings (SSSR count). The smallest absolute Gasteiger partial charge is 0.224 e. The van der Waals surface area contributed by atoms with Gasteiger partial charge in [-0.15, -0.1) is 0 Å². The van der Waals surface area contributed by atoms with E-state index in [0.717, 1.165) is 17.1 Å². The van der Waals surface area contributed by atoms with E-state index >= 15 is 0 Å². The minimum atomic E-state index is 0.133.